The molecule has 0 N–H and O–H groups in total. The van der Waals surface area contributed by atoms with Gasteiger partial charge in [0.2, 0.25) is 5.91 Å². The van der Waals surface area contributed by atoms with Gasteiger partial charge in [-0.3, -0.25) is 9.48 Å². The predicted octanol–water partition coefficient (Wildman–Crippen LogP) is 3.73. The lowest BCUT2D eigenvalue weighted by Crippen LogP contribution is -2.41. The van der Waals surface area contributed by atoms with E-state index in [0.717, 1.165) is 29.2 Å². The maximum Gasteiger partial charge on any atom is 0.435 e. The summed E-state index contributed by atoms with van der Waals surface area (Å²) in [6.45, 7) is 2.26. The van der Waals surface area contributed by atoms with Crippen molar-refractivity contribution in [2.24, 2.45) is 5.92 Å². The van der Waals surface area contributed by atoms with Crippen LogP contribution in [-0.2, 0) is 24.1 Å². The summed E-state index contributed by atoms with van der Waals surface area (Å²) < 4.78 is 39.0. The molecule has 0 radical (unpaired) electrons. The van der Waals surface area contributed by atoms with Crippen LogP contribution in [-0.4, -0.2) is 26.6 Å². The minimum absolute atomic E-state index is 0.0605. The largest absolute Gasteiger partial charge is 0.435 e. The molecular weight excluding hydrogens is 331 g/mol. The average molecular weight is 351 g/mol. The summed E-state index contributed by atoms with van der Waals surface area (Å²) in [7, 11) is 0. The third-order valence-corrected chi connectivity index (χ3v) is 4.54. The van der Waals surface area contributed by atoms with Crippen molar-refractivity contribution in [1.82, 2.24) is 14.7 Å². The Morgan fingerprint density at radius 3 is 2.52 bits per heavy atom. The molecule has 0 spiro atoms. The lowest BCUT2D eigenvalue weighted by atomic mass is 10.1. The molecule has 1 aromatic heterocycles. The van der Waals surface area contributed by atoms with E-state index in [1.165, 1.54) is 6.20 Å². The van der Waals surface area contributed by atoms with Crippen molar-refractivity contribution in [3.05, 3.63) is 53.9 Å². The first-order valence-electron chi connectivity index (χ1n) is 8.28. The Labute approximate surface area is 144 Å². The summed E-state index contributed by atoms with van der Waals surface area (Å²) in [6.07, 6.45) is -1.14. The maximum atomic E-state index is 12.7. The fourth-order valence-corrected chi connectivity index (χ4v) is 2.90. The molecule has 1 saturated carbocycles. The minimum Gasteiger partial charge on any atom is -0.334 e. The molecule has 134 valence electrons. The van der Waals surface area contributed by atoms with E-state index in [4.69, 9.17) is 0 Å². The molecule has 1 aliphatic rings. The summed E-state index contributed by atoms with van der Waals surface area (Å²) in [5.74, 6) is 0.246. The Balaban J connectivity index is 1.73. The van der Waals surface area contributed by atoms with Crippen molar-refractivity contribution in [2.75, 3.05) is 0 Å². The van der Waals surface area contributed by atoms with E-state index >= 15 is 0 Å². The number of rotatable bonds is 6. The van der Waals surface area contributed by atoms with E-state index < -0.39 is 11.9 Å². The number of hydrogen-bond donors (Lipinski definition) is 0. The van der Waals surface area contributed by atoms with Gasteiger partial charge in [0.05, 0.1) is 0 Å². The number of alkyl halides is 3. The highest BCUT2D eigenvalue weighted by Gasteiger charge is 2.36. The lowest BCUT2D eigenvalue weighted by Gasteiger charge is -2.29. The maximum absolute atomic E-state index is 12.7. The SMILES string of the molecule is C[C@H](C1CC1)N(Cc1ccccc1)C(=O)Cn1ccc(C(F)(F)F)n1. The van der Waals surface area contributed by atoms with Crippen LogP contribution >= 0.6 is 0 Å². The molecule has 2 aromatic rings. The monoisotopic (exact) mass is 351 g/mol. The summed E-state index contributed by atoms with van der Waals surface area (Å²) in [5.41, 5.74) is 0.0185. The van der Waals surface area contributed by atoms with Gasteiger partial charge in [0, 0.05) is 18.8 Å². The number of benzene rings is 1. The van der Waals surface area contributed by atoms with Crippen molar-refractivity contribution >= 4 is 5.91 Å². The standard InChI is InChI=1S/C18H20F3N3O/c1-13(15-7-8-15)24(11-14-5-3-2-4-6-14)17(25)12-23-10-9-16(22-23)18(19,20)21/h2-6,9-10,13,15H,7-8,11-12H2,1H3/t13-/m1/s1. The molecule has 1 atom stereocenters. The fraction of sp³-hybridized carbons (Fsp3) is 0.444. The molecule has 1 aliphatic carbocycles. The van der Waals surface area contributed by atoms with Gasteiger partial charge in [0.15, 0.2) is 5.69 Å². The van der Waals surface area contributed by atoms with E-state index in [1.54, 1.807) is 4.90 Å². The van der Waals surface area contributed by atoms with Crippen molar-refractivity contribution in [2.45, 2.75) is 45.1 Å². The van der Waals surface area contributed by atoms with Crippen molar-refractivity contribution in [3.63, 3.8) is 0 Å². The van der Waals surface area contributed by atoms with E-state index in [0.29, 0.717) is 12.5 Å². The molecule has 7 heteroatoms. The third kappa shape index (κ3) is 4.41. The van der Waals surface area contributed by atoms with Crippen molar-refractivity contribution < 1.29 is 18.0 Å². The van der Waals surface area contributed by atoms with Gasteiger partial charge in [0.25, 0.3) is 0 Å². The van der Waals surface area contributed by atoms with Crippen LogP contribution in [0.2, 0.25) is 0 Å². The Morgan fingerprint density at radius 1 is 1.28 bits per heavy atom. The molecule has 1 aromatic carbocycles. The summed E-state index contributed by atoms with van der Waals surface area (Å²) in [4.78, 5) is 14.5. The molecule has 4 nitrogen and oxygen atoms in total. The number of carbonyl (C=O) groups is 1. The lowest BCUT2D eigenvalue weighted by molar-refractivity contribution is -0.142. The second-order valence-electron chi connectivity index (χ2n) is 6.48. The molecule has 1 heterocycles. The zero-order chi connectivity index (χ0) is 18.0. The van der Waals surface area contributed by atoms with Gasteiger partial charge in [-0.15, -0.1) is 0 Å². The zero-order valence-corrected chi connectivity index (χ0v) is 13.9. The first-order valence-corrected chi connectivity index (χ1v) is 8.28. The van der Waals surface area contributed by atoms with Gasteiger partial charge in [0.1, 0.15) is 6.54 Å². The van der Waals surface area contributed by atoms with Crippen LogP contribution in [0.25, 0.3) is 0 Å². The average Bonchev–Trinajstić information content (AvgIpc) is 3.31. The Bertz CT molecular complexity index is 723. The van der Waals surface area contributed by atoms with Crippen LogP contribution in [0, 0.1) is 5.92 Å². The van der Waals surface area contributed by atoms with E-state index in [9.17, 15) is 18.0 Å². The number of nitrogens with zero attached hydrogens (tertiary/aromatic N) is 3. The van der Waals surface area contributed by atoms with Crippen LogP contribution in [0.4, 0.5) is 13.2 Å². The van der Waals surface area contributed by atoms with Gasteiger partial charge in [-0.1, -0.05) is 30.3 Å². The number of halogens is 3. The first kappa shape index (κ1) is 17.5. The molecule has 0 saturated heterocycles. The van der Waals surface area contributed by atoms with Gasteiger partial charge in [-0.2, -0.15) is 18.3 Å². The smallest absolute Gasteiger partial charge is 0.334 e. The van der Waals surface area contributed by atoms with Crippen LogP contribution in [0.1, 0.15) is 31.0 Å². The zero-order valence-electron chi connectivity index (χ0n) is 13.9. The molecule has 25 heavy (non-hydrogen) atoms. The van der Waals surface area contributed by atoms with Gasteiger partial charge in [-0.05, 0) is 37.3 Å². The topological polar surface area (TPSA) is 38.1 Å². The van der Waals surface area contributed by atoms with Crippen LogP contribution in [0.5, 0.6) is 0 Å². The molecule has 3 rings (SSSR count). The van der Waals surface area contributed by atoms with Gasteiger partial charge < -0.3 is 4.90 Å². The highest BCUT2D eigenvalue weighted by Crippen LogP contribution is 2.36. The number of amides is 1. The first-order chi connectivity index (χ1) is 11.8. The Kier molecular flexibility index (Phi) is 4.83. The normalized spacial score (nSPS) is 15.8. The molecular formula is C18H20F3N3O. The van der Waals surface area contributed by atoms with Crippen molar-refractivity contribution in [1.29, 1.82) is 0 Å². The highest BCUT2D eigenvalue weighted by atomic mass is 19.4. The molecule has 0 bridgehead atoms. The van der Waals surface area contributed by atoms with Crippen LogP contribution < -0.4 is 0 Å². The Hall–Kier alpha value is -2.31. The second-order valence-corrected chi connectivity index (χ2v) is 6.48. The molecule has 1 amide bonds. The summed E-state index contributed by atoms with van der Waals surface area (Å²) in [6, 6.07) is 10.5. The second kappa shape index (κ2) is 6.90. The van der Waals surface area contributed by atoms with Gasteiger partial charge >= 0.3 is 6.18 Å². The minimum atomic E-state index is -4.50. The number of aromatic nitrogens is 2. The molecule has 1 fully saturated rings. The third-order valence-electron chi connectivity index (χ3n) is 4.54. The van der Waals surface area contributed by atoms with Gasteiger partial charge in [-0.25, -0.2) is 0 Å². The van der Waals surface area contributed by atoms with E-state index in [-0.39, 0.29) is 18.5 Å². The molecule has 0 unspecified atom stereocenters. The number of hydrogen-bond acceptors (Lipinski definition) is 2. The summed E-state index contributed by atoms with van der Waals surface area (Å²) >= 11 is 0. The van der Waals surface area contributed by atoms with Crippen LogP contribution in [0.3, 0.4) is 0 Å². The fourth-order valence-electron chi connectivity index (χ4n) is 2.90. The Morgan fingerprint density at radius 2 is 1.96 bits per heavy atom. The van der Waals surface area contributed by atoms with E-state index in [2.05, 4.69) is 5.10 Å². The summed E-state index contributed by atoms with van der Waals surface area (Å²) in [5, 5.41) is 3.47. The highest BCUT2D eigenvalue weighted by molar-refractivity contribution is 5.76. The van der Waals surface area contributed by atoms with Crippen molar-refractivity contribution in [3.8, 4) is 0 Å². The van der Waals surface area contributed by atoms with Crippen LogP contribution in [0.15, 0.2) is 42.6 Å². The molecule has 0 aliphatic heterocycles. The van der Waals surface area contributed by atoms with E-state index in [1.807, 2.05) is 37.3 Å². The quantitative estimate of drug-likeness (QED) is 0.795. The number of carbonyl (C=O) groups excluding carboxylic acids is 1. The predicted molar refractivity (Wildman–Crippen MR) is 86.4 cm³/mol.